The summed E-state index contributed by atoms with van der Waals surface area (Å²) in [6.07, 6.45) is 3.44. The second kappa shape index (κ2) is 5.13. The molecule has 3 rings (SSSR count). The molecule has 5 heteroatoms. The fourth-order valence-corrected chi connectivity index (χ4v) is 2.15. The van der Waals surface area contributed by atoms with Gasteiger partial charge in [-0.25, -0.2) is 0 Å². The minimum absolute atomic E-state index is 0.175. The maximum Gasteiger partial charge on any atom is 0.272 e. The topological polar surface area (TPSA) is 59.8 Å². The van der Waals surface area contributed by atoms with E-state index in [1.807, 2.05) is 43.4 Å². The molecule has 0 atom stereocenters. The van der Waals surface area contributed by atoms with Gasteiger partial charge in [-0.15, -0.1) is 0 Å². The number of fused-ring (bicyclic) bond motifs is 1. The molecule has 0 aliphatic rings. The number of carbonyl (C=O) groups is 1. The molecule has 1 N–H and O–H groups in total. The lowest BCUT2D eigenvalue weighted by atomic mass is 10.2. The highest BCUT2D eigenvalue weighted by Gasteiger charge is 2.15. The highest BCUT2D eigenvalue weighted by atomic mass is 16.1. The molecule has 0 spiro atoms. The molecule has 0 saturated heterocycles. The van der Waals surface area contributed by atoms with Crippen molar-refractivity contribution in [2.75, 3.05) is 0 Å². The normalized spacial score (nSPS) is 10.7. The number of nitrogens with one attached hydrogen (secondary N) is 1. The number of amides is 1. The average Bonchev–Trinajstić information content (AvgIpc) is 2.84. The van der Waals surface area contributed by atoms with Crippen molar-refractivity contribution < 1.29 is 4.79 Å². The van der Waals surface area contributed by atoms with Crippen molar-refractivity contribution in [3.05, 3.63) is 60.0 Å². The number of aromatic nitrogens is 3. The molecule has 2 heterocycles. The van der Waals surface area contributed by atoms with Crippen LogP contribution in [0.1, 0.15) is 16.1 Å². The van der Waals surface area contributed by atoms with Crippen LogP contribution in [0.2, 0.25) is 0 Å². The molecule has 0 unspecified atom stereocenters. The Hall–Kier alpha value is -2.69. The van der Waals surface area contributed by atoms with Gasteiger partial charge in [-0.05, 0) is 17.7 Å². The Balaban J connectivity index is 1.83. The highest BCUT2D eigenvalue weighted by Crippen LogP contribution is 2.17. The summed E-state index contributed by atoms with van der Waals surface area (Å²) in [4.78, 5) is 16.3. The number of rotatable bonds is 3. The summed E-state index contributed by atoms with van der Waals surface area (Å²) in [5.74, 6) is -0.175. The van der Waals surface area contributed by atoms with E-state index in [0.29, 0.717) is 12.2 Å². The zero-order chi connectivity index (χ0) is 13.9. The van der Waals surface area contributed by atoms with E-state index in [-0.39, 0.29) is 5.91 Å². The summed E-state index contributed by atoms with van der Waals surface area (Å²) in [5, 5.41) is 8.02. The fourth-order valence-electron chi connectivity index (χ4n) is 2.15. The molecule has 0 fully saturated rings. The van der Waals surface area contributed by atoms with Gasteiger partial charge in [0.15, 0.2) is 5.69 Å². The first-order valence-corrected chi connectivity index (χ1v) is 6.34. The third-order valence-corrected chi connectivity index (χ3v) is 3.15. The monoisotopic (exact) mass is 266 g/mol. The second-order valence-corrected chi connectivity index (χ2v) is 4.53. The molecular formula is C15H14N4O. The van der Waals surface area contributed by atoms with Crippen molar-refractivity contribution in [3.63, 3.8) is 0 Å². The number of hydrogen-bond acceptors (Lipinski definition) is 3. The Morgan fingerprint density at radius 2 is 2.10 bits per heavy atom. The van der Waals surface area contributed by atoms with Crippen molar-refractivity contribution in [1.82, 2.24) is 20.1 Å². The number of aryl methyl sites for hydroxylation is 1. The van der Waals surface area contributed by atoms with Gasteiger partial charge in [-0.3, -0.25) is 14.5 Å². The standard InChI is InChI=1S/C15H14N4O/c1-19-13-7-3-2-6-12(13)14(18-19)15(20)17-10-11-5-4-8-16-9-11/h2-9H,10H2,1H3,(H,17,20). The maximum absolute atomic E-state index is 12.2. The number of nitrogens with zero attached hydrogens (tertiary/aromatic N) is 3. The van der Waals surface area contributed by atoms with Gasteiger partial charge in [0, 0.05) is 31.4 Å². The molecule has 100 valence electrons. The van der Waals surface area contributed by atoms with Crippen molar-refractivity contribution in [1.29, 1.82) is 0 Å². The zero-order valence-electron chi connectivity index (χ0n) is 11.1. The van der Waals surface area contributed by atoms with E-state index in [1.54, 1.807) is 17.1 Å². The Labute approximate surface area is 116 Å². The molecule has 0 radical (unpaired) electrons. The third-order valence-electron chi connectivity index (χ3n) is 3.15. The Bertz CT molecular complexity index is 749. The van der Waals surface area contributed by atoms with E-state index in [4.69, 9.17) is 0 Å². The first-order chi connectivity index (χ1) is 9.75. The Kier molecular flexibility index (Phi) is 3.16. The molecule has 1 amide bonds. The van der Waals surface area contributed by atoms with Crippen LogP contribution in [0.4, 0.5) is 0 Å². The minimum Gasteiger partial charge on any atom is -0.346 e. The SMILES string of the molecule is Cn1nc(C(=O)NCc2cccnc2)c2ccccc21. The van der Waals surface area contributed by atoms with Crippen LogP contribution in [-0.2, 0) is 13.6 Å². The predicted molar refractivity (Wildman–Crippen MR) is 76.1 cm³/mol. The molecule has 0 aliphatic heterocycles. The minimum atomic E-state index is -0.175. The van der Waals surface area contributed by atoms with Gasteiger partial charge in [0.2, 0.25) is 0 Å². The lowest BCUT2D eigenvalue weighted by Crippen LogP contribution is -2.23. The molecule has 1 aromatic carbocycles. The predicted octanol–water partition coefficient (Wildman–Crippen LogP) is 1.90. The lowest BCUT2D eigenvalue weighted by Gasteiger charge is -2.03. The fraction of sp³-hybridized carbons (Fsp3) is 0.133. The van der Waals surface area contributed by atoms with Gasteiger partial charge in [0.25, 0.3) is 5.91 Å². The van der Waals surface area contributed by atoms with E-state index in [0.717, 1.165) is 16.5 Å². The van der Waals surface area contributed by atoms with Crippen LogP contribution >= 0.6 is 0 Å². The van der Waals surface area contributed by atoms with Gasteiger partial charge >= 0.3 is 0 Å². The number of benzene rings is 1. The first kappa shape index (κ1) is 12.3. The molecule has 3 aromatic rings. The van der Waals surface area contributed by atoms with Crippen molar-refractivity contribution in [2.24, 2.45) is 7.05 Å². The number of pyridine rings is 1. The van der Waals surface area contributed by atoms with Crippen LogP contribution < -0.4 is 5.32 Å². The molecule has 2 aromatic heterocycles. The second-order valence-electron chi connectivity index (χ2n) is 4.53. The van der Waals surface area contributed by atoms with Crippen molar-refractivity contribution in [3.8, 4) is 0 Å². The van der Waals surface area contributed by atoms with Gasteiger partial charge in [0.05, 0.1) is 5.52 Å². The van der Waals surface area contributed by atoms with Crippen LogP contribution in [0.5, 0.6) is 0 Å². The summed E-state index contributed by atoms with van der Waals surface area (Å²) in [7, 11) is 1.83. The molecule has 0 saturated carbocycles. The van der Waals surface area contributed by atoms with E-state index in [2.05, 4.69) is 15.4 Å². The highest BCUT2D eigenvalue weighted by molar-refractivity contribution is 6.04. The smallest absolute Gasteiger partial charge is 0.272 e. The number of carbonyl (C=O) groups excluding carboxylic acids is 1. The van der Waals surface area contributed by atoms with Gasteiger partial charge in [-0.2, -0.15) is 5.10 Å². The van der Waals surface area contributed by atoms with Crippen LogP contribution in [0, 0.1) is 0 Å². The van der Waals surface area contributed by atoms with Gasteiger partial charge < -0.3 is 5.32 Å². The Morgan fingerprint density at radius 3 is 2.90 bits per heavy atom. The van der Waals surface area contributed by atoms with Gasteiger partial charge in [0.1, 0.15) is 0 Å². The summed E-state index contributed by atoms with van der Waals surface area (Å²) >= 11 is 0. The third kappa shape index (κ3) is 2.25. The van der Waals surface area contributed by atoms with E-state index < -0.39 is 0 Å². The maximum atomic E-state index is 12.2. The van der Waals surface area contributed by atoms with Crippen LogP contribution in [-0.4, -0.2) is 20.7 Å². The van der Waals surface area contributed by atoms with Crippen molar-refractivity contribution in [2.45, 2.75) is 6.54 Å². The Morgan fingerprint density at radius 1 is 1.25 bits per heavy atom. The van der Waals surface area contributed by atoms with Crippen LogP contribution in [0.25, 0.3) is 10.9 Å². The first-order valence-electron chi connectivity index (χ1n) is 6.34. The van der Waals surface area contributed by atoms with E-state index in [1.165, 1.54) is 0 Å². The summed E-state index contributed by atoms with van der Waals surface area (Å²) in [6, 6.07) is 11.5. The largest absolute Gasteiger partial charge is 0.346 e. The number of hydrogen-bond donors (Lipinski definition) is 1. The van der Waals surface area contributed by atoms with Crippen LogP contribution in [0.15, 0.2) is 48.8 Å². The van der Waals surface area contributed by atoms with Crippen LogP contribution in [0.3, 0.4) is 0 Å². The summed E-state index contributed by atoms with van der Waals surface area (Å²) in [5.41, 5.74) is 2.35. The van der Waals surface area contributed by atoms with E-state index in [9.17, 15) is 4.79 Å². The van der Waals surface area contributed by atoms with Crippen molar-refractivity contribution >= 4 is 16.8 Å². The lowest BCUT2D eigenvalue weighted by molar-refractivity contribution is 0.0946. The van der Waals surface area contributed by atoms with E-state index >= 15 is 0 Å². The van der Waals surface area contributed by atoms with Gasteiger partial charge in [-0.1, -0.05) is 24.3 Å². The quantitative estimate of drug-likeness (QED) is 0.787. The average molecular weight is 266 g/mol. The molecule has 0 bridgehead atoms. The molecular weight excluding hydrogens is 252 g/mol. The summed E-state index contributed by atoms with van der Waals surface area (Å²) in [6.45, 7) is 0.442. The molecule has 20 heavy (non-hydrogen) atoms. The zero-order valence-corrected chi connectivity index (χ0v) is 11.1. The summed E-state index contributed by atoms with van der Waals surface area (Å²) < 4.78 is 1.72. The molecule has 5 nitrogen and oxygen atoms in total. The molecule has 0 aliphatic carbocycles. The number of para-hydroxylation sites is 1.